The summed E-state index contributed by atoms with van der Waals surface area (Å²) in [4.78, 5) is 32.9. The molecule has 1 aliphatic heterocycles. The lowest BCUT2D eigenvalue weighted by molar-refractivity contribution is -0.123. The molecule has 1 fully saturated rings. The van der Waals surface area contributed by atoms with Gasteiger partial charge in [0.15, 0.2) is 0 Å². The van der Waals surface area contributed by atoms with Crippen LogP contribution < -0.4 is 5.32 Å². The minimum atomic E-state index is 0.0153. The van der Waals surface area contributed by atoms with Gasteiger partial charge in [-0.15, -0.1) is 0 Å². The molecule has 7 nitrogen and oxygen atoms in total. The van der Waals surface area contributed by atoms with E-state index in [0.29, 0.717) is 38.3 Å². The van der Waals surface area contributed by atoms with E-state index in [1.54, 1.807) is 18.3 Å². The summed E-state index contributed by atoms with van der Waals surface area (Å²) in [6.45, 7) is 6.93. The first-order valence-corrected chi connectivity index (χ1v) is 8.47. The average molecular weight is 346 g/mol. The third kappa shape index (κ3) is 5.86. The first-order valence-electron chi connectivity index (χ1n) is 8.47. The minimum absolute atomic E-state index is 0.0153. The molecule has 25 heavy (non-hydrogen) atoms. The molecule has 1 N–H and O–H groups in total. The molecule has 0 aromatic heterocycles. The average Bonchev–Trinajstić information content (AvgIpc) is 2.59. The van der Waals surface area contributed by atoms with Gasteiger partial charge in [0.05, 0.1) is 12.8 Å². The van der Waals surface area contributed by atoms with E-state index in [1.165, 1.54) is 7.11 Å². The number of carbonyl (C=O) groups excluding carboxylic acids is 2. The summed E-state index contributed by atoms with van der Waals surface area (Å²) in [6.07, 6.45) is 1.59. The van der Waals surface area contributed by atoms with Crippen LogP contribution in [-0.4, -0.2) is 73.7 Å². The number of nitrogens with one attached hydrogen (secondary N) is 1. The summed E-state index contributed by atoms with van der Waals surface area (Å²) in [5, 5.41) is 6.59. The molecule has 0 radical (unpaired) electrons. The summed E-state index contributed by atoms with van der Waals surface area (Å²) in [5.41, 5.74) is 1.53. The summed E-state index contributed by atoms with van der Waals surface area (Å²) < 4.78 is 0. The van der Waals surface area contributed by atoms with E-state index in [9.17, 15) is 9.59 Å². The Kier molecular flexibility index (Phi) is 6.94. The number of piperazine rings is 1. The van der Waals surface area contributed by atoms with E-state index < -0.39 is 0 Å². The Morgan fingerprint density at radius 1 is 1.20 bits per heavy atom. The van der Waals surface area contributed by atoms with Crippen LogP contribution in [0.25, 0.3) is 0 Å². The highest BCUT2D eigenvalue weighted by atomic mass is 16.6. The van der Waals surface area contributed by atoms with Crippen LogP contribution in [0.5, 0.6) is 0 Å². The van der Waals surface area contributed by atoms with Gasteiger partial charge < -0.3 is 15.1 Å². The molecule has 1 aromatic rings. The molecule has 0 unspecified atom stereocenters. The largest absolute Gasteiger partial charge is 0.399 e. The van der Waals surface area contributed by atoms with Crippen molar-refractivity contribution < 1.29 is 14.4 Å². The second-order valence-electron chi connectivity index (χ2n) is 6.33. The van der Waals surface area contributed by atoms with Crippen molar-refractivity contribution in [2.75, 3.05) is 39.8 Å². The third-order valence-electron chi connectivity index (χ3n) is 3.94. The molecule has 0 aliphatic carbocycles. The van der Waals surface area contributed by atoms with Crippen molar-refractivity contribution in [3.63, 3.8) is 0 Å². The molecule has 1 saturated heterocycles. The molecular formula is C18H26N4O3. The van der Waals surface area contributed by atoms with Crippen LogP contribution in [0, 0.1) is 0 Å². The normalized spacial score (nSPS) is 15.6. The molecule has 7 heteroatoms. The minimum Gasteiger partial charge on any atom is -0.399 e. The fraction of sp³-hybridized carbons (Fsp3) is 0.500. The number of oxime groups is 1. The van der Waals surface area contributed by atoms with Gasteiger partial charge in [-0.05, 0) is 31.5 Å². The van der Waals surface area contributed by atoms with E-state index in [1.807, 2.05) is 30.9 Å². The maximum Gasteiger partial charge on any atom is 0.253 e. The summed E-state index contributed by atoms with van der Waals surface area (Å²) in [5.74, 6) is 0.0459. The first kappa shape index (κ1) is 18.9. The quantitative estimate of drug-likeness (QED) is 0.615. The van der Waals surface area contributed by atoms with Crippen LogP contribution in [0.2, 0.25) is 0 Å². The second kappa shape index (κ2) is 9.17. The zero-order valence-corrected chi connectivity index (χ0v) is 15.1. The zero-order valence-electron chi connectivity index (χ0n) is 15.1. The van der Waals surface area contributed by atoms with Crippen LogP contribution in [-0.2, 0) is 9.63 Å². The molecule has 1 aliphatic rings. The van der Waals surface area contributed by atoms with Crippen LogP contribution in [0.15, 0.2) is 29.4 Å². The number of carbonyl (C=O) groups is 2. The van der Waals surface area contributed by atoms with Crippen molar-refractivity contribution in [3.05, 3.63) is 35.4 Å². The van der Waals surface area contributed by atoms with Gasteiger partial charge in [-0.25, -0.2) is 0 Å². The first-order chi connectivity index (χ1) is 12.0. The molecule has 0 saturated carbocycles. The Labute approximate surface area is 148 Å². The molecule has 0 bridgehead atoms. The number of nitrogens with zero attached hydrogens (tertiary/aromatic N) is 3. The third-order valence-corrected chi connectivity index (χ3v) is 3.94. The zero-order chi connectivity index (χ0) is 18.2. The van der Waals surface area contributed by atoms with Crippen molar-refractivity contribution in [3.8, 4) is 0 Å². The topological polar surface area (TPSA) is 74.2 Å². The maximum absolute atomic E-state index is 12.6. The monoisotopic (exact) mass is 346 g/mol. The van der Waals surface area contributed by atoms with Crippen molar-refractivity contribution in [2.24, 2.45) is 5.16 Å². The molecule has 0 spiro atoms. The summed E-state index contributed by atoms with van der Waals surface area (Å²) >= 11 is 0. The summed E-state index contributed by atoms with van der Waals surface area (Å²) in [7, 11) is 1.49. The van der Waals surface area contributed by atoms with Gasteiger partial charge in [-0.2, -0.15) is 0 Å². The Hall–Kier alpha value is -2.41. The van der Waals surface area contributed by atoms with Gasteiger partial charge in [0, 0.05) is 37.8 Å². The van der Waals surface area contributed by atoms with Crippen LogP contribution in [0.3, 0.4) is 0 Å². The van der Waals surface area contributed by atoms with E-state index in [4.69, 9.17) is 0 Å². The SMILES string of the molecule is CON=Cc1ccc(C(=O)N2CCN(CC(=O)NC(C)C)CC2)cc1. The number of hydrogen-bond donors (Lipinski definition) is 1. The predicted octanol–water partition coefficient (Wildman–Crippen LogP) is 0.949. The lowest BCUT2D eigenvalue weighted by atomic mass is 10.1. The summed E-state index contributed by atoms with van der Waals surface area (Å²) in [6, 6.07) is 7.40. The van der Waals surface area contributed by atoms with Crippen LogP contribution >= 0.6 is 0 Å². The fourth-order valence-electron chi connectivity index (χ4n) is 2.69. The number of hydrogen-bond acceptors (Lipinski definition) is 5. The maximum atomic E-state index is 12.6. The van der Waals surface area contributed by atoms with E-state index in [2.05, 4.69) is 20.2 Å². The second-order valence-corrected chi connectivity index (χ2v) is 6.33. The van der Waals surface area contributed by atoms with Crippen molar-refractivity contribution in [2.45, 2.75) is 19.9 Å². The lowest BCUT2D eigenvalue weighted by Gasteiger charge is -2.34. The lowest BCUT2D eigenvalue weighted by Crippen LogP contribution is -2.51. The van der Waals surface area contributed by atoms with Crippen molar-refractivity contribution >= 4 is 18.0 Å². The van der Waals surface area contributed by atoms with Gasteiger partial charge in [0.2, 0.25) is 5.91 Å². The molecule has 136 valence electrons. The van der Waals surface area contributed by atoms with Gasteiger partial charge in [0.25, 0.3) is 5.91 Å². The Morgan fingerprint density at radius 2 is 1.84 bits per heavy atom. The highest BCUT2D eigenvalue weighted by molar-refractivity contribution is 5.95. The van der Waals surface area contributed by atoms with Gasteiger partial charge in [-0.1, -0.05) is 17.3 Å². The van der Waals surface area contributed by atoms with E-state index in [0.717, 1.165) is 5.56 Å². The highest BCUT2D eigenvalue weighted by Gasteiger charge is 2.23. The Morgan fingerprint density at radius 3 is 2.40 bits per heavy atom. The molecular weight excluding hydrogens is 320 g/mol. The highest BCUT2D eigenvalue weighted by Crippen LogP contribution is 2.10. The van der Waals surface area contributed by atoms with Crippen LogP contribution in [0.4, 0.5) is 0 Å². The van der Waals surface area contributed by atoms with Gasteiger partial charge in [0.1, 0.15) is 7.11 Å². The van der Waals surface area contributed by atoms with E-state index in [-0.39, 0.29) is 17.9 Å². The smallest absolute Gasteiger partial charge is 0.253 e. The van der Waals surface area contributed by atoms with Crippen LogP contribution in [0.1, 0.15) is 29.8 Å². The molecule has 0 atom stereocenters. The van der Waals surface area contributed by atoms with Gasteiger partial charge >= 0.3 is 0 Å². The molecule has 1 heterocycles. The van der Waals surface area contributed by atoms with Gasteiger partial charge in [-0.3, -0.25) is 14.5 Å². The predicted molar refractivity (Wildman–Crippen MR) is 96.7 cm³/mol. The molecule has 2 rings (SSSR count). The number of benzene rings is 1. The Balaban J connectivity index is 1.84. The number of rotatable bonds is 6. The standard InChI is InChI=1S/C18H26N4O3/c1-14(2)20-17(23)13-21-8-10-22(11-9-21)18(24)16-6-4-15(5-7-16)12-19-25-3/h4-7,12,14H,8-11,13H2,1-3H3,(H,20,23). The fourth-order valence-corrected chi connectivity index (χ4v) is 2.69. The number of amides is 2. The van der Waals surface area contributed by atoms with Crippen molar-refractivity contribution in [1.29, 1.82) is 0 Å². The molecule has 1 aromatic carbocycles. The van der Waals surface area contributed by atoms with Crippen molar-refractivity contribution in [1.82, 2.24) is 15.1 Å². The van der Waals surface area contributed by atoms with E-state index >= 15 is 0 Å². The molecule has 2 amide bonds. The Bertz CT molecular complexity index is 605.